The highest BCUT2D eigenvalue weighted by molar-refractivity contribution is 9.10. The number of carbonyl (C=O) groups excluding carboxylic acids is 1. The van der Waals surface area contributed by atoms with Crippen LogP contribution in [0.25, 0.3) is 0 Å². The summed E-state index contributed by atoms with van der Waals surface area (Å²) < 4.78 is 1.01. The van der Waals surface area contributed by atoms with E-state index >= 15 is 0 Å². The van der Waals surface area contributed by atoms with Crippen molar-refractivity contribution in [2.75, 3.05) is 0 Å². The Morgan fingerprint density at radius 1 is 1.10 bits per heavy atom. The van der Waals surface area contributed by atoms with Gasteiger partial charge in [-0.05, 0) is 43.7 Å². The third kappa shape index (κ3) is 3.78. The molecule has 4 heteroatoms. The number of halogens is 1. The molecule has 20 heavy (non-hydrogen) atoms. The lowest BCUT2D eigenvalue weighted by molar-refractivity contribution is 0.0954. The fourth-order valence-electron chi connectivity index (χ4n) is 1.74. The van der Waals surface area contributed by atoms with Gasteiger partial charge in [-0.2, -0.15) is 5.10 Å². The lowest BCUT2D eigenvalue weighted by Gasteiger charge is -2.04. The van der Waals surface area contributed by atoms with Gasteiger partial charge in [-0.1, -0.05) is 45.8 Å². The smallest absolute Gasteiger partial charge is 0.267 e. The zero-order valence-electron chi connectivity index (χ0n) is 11.4. The first-order chi connectivity index (χ1) is 9.56. The summed E-state index contributed by atoms with van der Waals surface area (Å²) in [6.45, 7) is 3.81. The fraction of sp³-hybridized carbons (Fsp3) is 0.125. The highest BCUT2D eigenvalue weighted by Crippen LogP contribution is 2.11. The zero-order valence-corrected chi connectivity index (χ0v) is 12.9. The molecule has 0 aliphatic carbocycles. The first-order valence-corrected chi connectivity index (χ1v) is 7.03. The van der Waals surface area contributed by atoms with E-state index in [9.17, 15) is 4.79 Å². The number of hydrogen-bond donors (Lipinski definition) is 1. The second-order valence-electron chi connectivity index (χ2n) is 4.51. The molecule has 1 amide bonds. The molecule has 3 nitrogen and oxygen atoms in total. The molecule has 0 aliphatic rings. The number of nitrogens with zero attached hydrogens (tertiary/aromatic N) is 1. The van der Waals surface area contributed by atoms with Gasteiger partial charge in [-0.25, -0.2) is 5.43 Å². The van der Waals surface area contributed by atoms with Crippen molar-refractivity contribution < 1.29 is 4.79 Å². The summed E-state index contributed by atoms with van der Waals surface area (Å²) in [6, 6.07) is 15.2. The van der Waals surface area contributed by atoms with Crippen molar-refractivity contribution in [3.8, 4) is 0 Å². The van der Waals surface area contributed by atoms with Crippen LogP contribution in [0.15, 0.2) is 58.1 Å². The summed E-state index contributed by atoms with van der Waals surface area (Å²) >= 11 is 3.38. The van der Waals surface area contributed by atoms with Gasteiger partial charge in [0.05, 0.1) is 5.71 Å². The normalized spacial score (nSPS) is 11.2. The number of hydrazone groups is 1. The predicted molar refractivity (Wildman–Crippen MR) is 85.0 cm³/mol. The Bertz CT molecular complexity index is 648. The van der Waals surface area contributed by atoms with E-state index in [0.29, 0.717) is 5.56 Å². The monoisotopic (exact) mass is 330 g/mol. The molecule has 0 spiro atoms. The Hall–Kier alpha value is -1.94. The maximum Gasteiger partial charge on any atom is 0.271 e. The minimum absolute atomic E-state index is 0.204. The Kier molecular flexibility index (Phi) is 4.69. The van der Waals surface area contributed by atoms with Crippen molar-refractivity contribution in [1.29, 1.82) is 0 Å². The summed E-state index contributed by atoms with van der Waals surface area (Å²) in [5.41, 5.74) is 5.97. The molecule has 2 aromatic rings. The number of nitrogens with one attached hydrogen (secondary N) is 1. The molecule has 0 heterocycles. The number of aryl methyl sites for hydroxylation is 1. The van der Waals surface area contributed by atoms with E-state index in [1.165, 1.54) is 0 Å². The van der Waals surface area contributed by atoms with Gasteiger partial charge in [0, 0.05) is 10.0 Å². The highest BCUT2D eigenvalue weighted by Gasteiger charge is 2.04. The molecule has 0 aromatic heterocycles. The van der Waals surface area contributed by atoms with Crippen LogP contribution in [0.3, 0.4) is 0 Å². The minimum atomic E-state index is -0.204. The van der Waals surface area contributed by atoms with E-state index < -0.39 is 0 Å². The van der Waals surface area contributed by atoms with Crippen LogP contribution in [0.1, 0.15) is 28.4 Å². The van der Waals surface area contributed by atoms with Gasteiger partial charge in [0.1, 0.15) is 0 Å². The number of amides is 1. The molecule has 1 N–H and O–H groups in total. The highest BCUT2D eigenvalue weighted by atomic mass is 79.9. The van der Waals surface area contributed by atoms with Crippen LogP contribution in [-0.4, -0.2) is 11.6 Å². The van der Waals surface area contributed by atoms with Crippen LogP contribution < -0.4 is 5.43 Å². The molecule has 0 unspecified atom stereocenters. The topological polar surface area (TPSA) is 41.5 Å². The molecule has 0 aliphatic heterocycles. The first kappa shape index (κ1) is 14.5. The van der Waals surface area contributed by atoms with Gasteiger partial charge in [0.25, 0.3) is 5.91 Å². The van der Waals surface area contributed by atoms with Crippen molar-refractivity contribution in [3.63, 3.8) is 0 Å². The average molecular weight is 331 g/mol. The van der Waals surface area contributed by atoms with Crippen molar-refractivity contribution >= 4 is 27.5 Å². The van der Waals surface area contributed by atoms with Crippen LogP contribution in [0.5, 0.6) is 0 Å². The Morgan fingerprint density at radius 2 is 1.80 bits per heavy atom. The number of rotatable bonds is 3. The van der Waals surface area contributed by atoms with Crippen LogP contribution in [0.4, 0.5) is 0 Å². The first-order valence-electron chi connectivity index (χ1n) is 6.23. The maximum absolute atomic E-state index is 12.0. The quantitative estimate of drug-likeness (QED) is 0.672. The molecule has 0 saturated carbocycles. The van der Waals surface area contributed by atoms with Gasteiger partial charge >= 0.3 is 0 Å². The van der Waals surface area contributed by atoms with E-state index in [1.54, 1.807) is 6.07 Å². The summed E-state index contributed by atoms with van der Waals surface area (Å²) in [4.78, 5) is 12.0. The maximum atomic E-state index is 12.0. The number of hydrogen-bond acceptors (Lipinski definition) is 2. The molecule has 102 valence electrons. The van der Waals surface area contributed by atoms with Crippen LogP contribution >= 0.6 is 15.9 Å². The van der Waals surface area contributed by atoms with Crippen molar-refractivity contribution in [2.45, 2.75) is 13.8 Å². The Balaban J connectivity index is 2.08. The SMILES string of the molecule is C/C(=N/NC(=O)c1cccc(C)c1)c1ccc(Br)cc1. The molecule has 0 bridgehead atoms. The van der Waals surface area contributed by atoms with Crippen molar-refractivity contribution in [2.24, 2.45) is 5.10 Å². The van der Waals surface area contributed by atoms with Crippen LogP contribution in [-0.2, 0) is 0 Å². The van der Waals surface area contributed by atoms with Crippen molar-refractivity contribution in [1.82, 2.24) is 5.43 Å². The summed E-state index contributed by atoms with van der Waals surface area (Å²) in [5, 5.41) is 4.13. The van der Waals surface area contributed by atoms with E-state index in [1.807, 2.05) is 56.3 Å². The molecule has 0 radical (unpaired) electrons. The lowest BCUT2D eigenvalue weighted by atomic mass is 10.1. The van der Waals surface area contributed by atoms with Crippen LogP contribution in [0, 0.1) is 6.92 Å². The predicted octanol–water partition coefficient (Wildman–Crippen LogP) is 3.91. The third-order valence-electron chi connectivity index (χ3n) is 2.87. The standard InChI is InChI=1S/C16H15BrN2O/c1-11-4-3-5-14(10-11)16(20)19-18-12(2)13-6-8-15(17)9-7-13/h3-10H,1-2H3,(H,19,20)/b18-12-. The second kappa shape index (κ2) is 6.48. The van der Waals surface area contributed by atoms with E-state index in [0.717, 1.165) is 21.3 Å². The molecule has 2 rings (SSSR count). The summed E-state index contributed by atoms with van der Waals surface area (Å²) in [6.07, 6.45) is 0. The second-order valence-corrected chi connectivity index (χ2v) is 5.43. The largest absolute Gasteiger partial charge is 0.271 e. The summed E-state index contributed by atoms with van der Waals surface area (Å²) in [5.74, 6) is -0.204. The number of carbonyl (C=O) groups is 1. The Morgan fingerprint density at radius 3 is 2.45 bits per heavy atom. The van der Waals surface area contributed by atoms with Gasteiger partial charge in [-0.3, -0.25) is 4.79 Å². The zero-order chi connectivity index (χ0) is 14.5. The molecule has 0 fully saturated rings. The minimum Gasteiger partial charge on any atom is -0.267 e. The molecular formula is C16H15BrN2O. The van der Waals surface area contributed by atoms with Crippen LogP contribution in [0.2, 0.25) is 0 Å². The molecular weight excluding hydrogens is 316 g/mol. The van der Waals surface area contributed by atoms with E-state index in [2.05, 4.69) is 26.5 Å². The average Bonchev–Trinajstić information content (AvgIpc) is 2.45. The lowest BCUT2D eigenvalue weighted by Crippen LogP contribution is -2.19. The Labute approximate surface area is 126 Å². The van der Waals surface area contributed by atoms with E-state index in [-0.39, 0.29) is 5.91 Å². The van der Waals surface area contributed by atoms with Gasteiger partial charge in [0.15, 0.2) is 0 Å². The van der Waals surface area contributed by atoms with Gasteiger partial charge in [-0.15, -0.1) is 0 Å². The molecule has 0 saturated heterocycles. The fourth-order valence-corrected chi connectivity index (χ4v) is 2.01. The van der Waals surface area contributed by atoms with Crippen molar-refractivity contribution in [3.05, 3.63) is 69.7 Å². The molecule has 2 aromatic carbocycles. The molecule has 0 atom stereocenters. The third-order valence-corrected chi connectivity index (χ3v) is 3.40. The van der Waals surface area contributed by atoms with Gasteiger partial charge in [0.2, 0.25) is 0 Å². The van der Waals surface area contributed by atoms with E-state index in [4.69, 9.17) is 0 Å². The van der Waals surface area contributed by atoms with Gasteiger partial charge < -0.3 is 0 Å². The number of benzene rings is 2. The summed E-state index contributed by atoms with van der Waals surface area (Å²) in [7, 11) is 0.